The number of hydrogen-bond acceptors (Lipinski definition) is 5. The predicted octanol–water partition coefficient (Wildman–Crippen LogP) is 3.45. The molecule has 1 saturated heterocycles. The van der Waals surface area contributed by atoms with Gasteiger partial charge in [-0.1, -0.05) is 6.07 Å². The zero-order valence-electron chi connectivity index (χ0n) is 15.3. The Morgan fingerprint density at radius 1 is 1.28 bits per heavy atom. The Kier molecular flexibility index (Phi) is 6.10. The summed E-state index contributed by atoms with van der Waals surface area (Å²) >= 11 is 0. The molecule has 6 nitrogen and oxygen atoms in total. The number of ether oxygens (including phenoxy) is 1. The normalized spacial score (nSPS) is 18.2. The van der Waals surface area contributed by atoms with Crippen molar-refractivity contribution in [2.45, 2.75) is 23.9 Å². The van der Waals surface area contributed by atoms with Crippen molar-refractivity contribution < 1.29 is 26.3 Å². The summed E-state index contributed by atoms with van der Waals surface area (Å²) in [6.07, 6.45) is -1.89. The highest BCUT2D eigenvalue weighted by Gasteiger charge is 2.34. The smallest absolute Gasteiger partial charge is 0.416 e. The lowest BCUT2D eigenvalue weighted by atomic mass is 10.0. The van der Waals surface area contributed by atoms with Gasteiger partial charge in [0.25, 0.3) is 0 Å². The van der Waals surface area contributed by atoms with Crippen LogP contribution in [0.2, 0.25) is 0 Å². The number of nitrogens with zero attached hydrogens (tertiary/aromatic N) is 3. The fourth-order valence-electron chi connectivity index (χ4n) is 3.12. The van der Waals surface area contributed by atoms with Crippen LogP contribution in [0, 0.1) is 17.2 Å². The van der Waals surface area contributed by atoms with Crippen molar-refractivity contribution in [1.29, 1.82) is 5.26 Å². The minimum atomic E-state index is -4.62. The molecule has 1 aliphatic heterocycles. The average molecular weight is 425 g/mol. The fraction of sp³-hybridized carbons (Fsp3) is 0.368. The van der Waals surface area contributed by atoms with Crippen LogP contribution in [0.1, 0.15) is 24.0 Å². The Morgan fingerprint density at radius 2 is 2.07 bits per heavy atom. The minimum absolute atomic E-state index is 0.135. The second-order valence-corrected chi connectivity index (χ2v) is 8.64. The Hall–Kier alpha value is -2.64. The molecule has 1 atom stereocenters. The van der Waals surface area contributed by atoms with Crippen molar-refractivity contribution >= 4 is 10.0 Å². The molecule has 0 N–H and O–H groups in total. The van der Waals surface area contributed by atoms with Crippen LogP contribution >= 0.6 is 0 Å². The maximum atomic E-state index is 12.9. The molecule has 0 spiro atoms. The molecular formula is C19H18F3N3O3S. The van der Waals surface area contributed by atoms with E-state index in [0.717, 1.165) is 12.1 Å². The number of nitriles is 1. The van der Waals surface area contributed by atoms with Crippen LogP contribution in [0.15, 0.2) is 47.5 Å². The van der Waals surface area contributed by atoms with E-state index in [-0.39, 0.29) is 36.4 Å². The van der Waals surface area contributed by atoms with E-state index in [4.69, 9.17) is 10.00 Å². The van der Waals surface area contributed by atoms with Gasteiger partial charge >= 0.3 is 6.18 Å². The molecule has 0 saturated carbocycles. The zero-order valence-corrected chi connectivity index (χ0v) is 16.1. The van der Waals surface area contributed by atoms with Crippen molar-refractivity contribution in [3.05, 3.63) is 53.7 Å². The molecule has 1 aliphatic rings. The summed E-state index contributed by atoms with van der Waals surface area (Å²) in [5.74, 6) is 0.124. The van der Waals surface area contributed by atoms with Crippen LogP contribution in [-0.2, 0) is 16.2 Å². The van der Waals surface area contributed by atoms with Crippen molar-refractivity contribution in [2.75, 3.05) is 19.7 Å². The summed E-state index contributed by atoms with van der Waals surface area (Å²) in [6, 6.07) is 8.76. The van der Waals surface area contributed by atoms with Crippen LogP contribution in [0.4, 0.5) is 13.2 Å². The lowest BCUT2D eigenvalue weighted by Gasteiger charge is -2.31. The van der Waals surface area contributed by atoms with Gasteiger partial charge in [-0.25, -0.2) is 13.4 Å². The molecule has 154 valence electrons. The molecule has 2 heterocycles. The van der Waals surface area contributed by atoms with Gasteiger partial charge in [-0.05, 0) is 37.1 Å². The molecule has 0 bridgehead atoms. The maximum Gasteiger partial charge on any atom is 0.416 e. The zero-order chi connectivity index (χ0) is 21.1. The number of aromatic nitrogens is 1. The average Bonchev–Trinajstić information content (AvgIpc) is 2.72. The van der Waals surface area contributed by atoms with Gasteiger partial charge in [0.15, 0.2) is 0 Å². The van der Waals surface area contributed by atoms with E-state index < -0.39 is 21.8 Å². The minimum Gasteiger partial charge on any atom is -0.477 e. The van der Waals surface area contributed by atoms with Crippen LogP contribution in [0.25, 0.3) is 0 Å². The van der Waals surface area contributed by atoms with Crippen molar-refractivity contribution in [3.8, 4) is 11.9 Å². The monoisotopic (exact) mass is 425 g/mol. The number of alkyl halides is 3. The second kappa shape index (κ2) is 8.39. The van der Waals surface area contributed by atoms with Crippen LogP contribution in [-0.4, -0.2) is 37.4 Å². The summed E-state index contributed by atoms with van der Waals surface area (Å²) in [6.45, 7) is 0.560. The first-order valence-electron chi connectivity index (χ1n) is 8.86. The molecule has 1 unspecified atom stereocenters. The predicted molar refractivity (Wildman–Crippen MR) is 97.4 cm³/mol. The summed E-state index contributed by atoms with van der Waals surface area (Å²) in [5.41, 5.74) is -0.605. The number of pyridine rings is 1. The summed E-state index contributed by atoms with van der Waals surface area (Å²) in [4.78, 5) is 3.63. The Balaban J connectivity index is 1.70. The molecule has 2 aromatic rings. The third kappa shape index (κ3) is 5.05. The van der Waals surface area contributed by atoms with Gasteiger partial charge < -0.3 is 4.74 Å². The van der Waals surface area contributed by atoms with Crippen LogP contribution in [0.5, 0.6) is 5.88 Å². The standard InChI is InChI=1S/C19H18F3N3O3S/c20-19(21,22)16-4-1-5-17(10-16)29(26,27)25-8-2-3-15(12-25)13-28-18-9-14(11-23)6-7-24-18/h1,4-7,9-10,15H,2-3,8,12-13H2. The van der Waals surface area contributed by atoms with E-state index in [2.05, 4.69) is 4.98 Å². The number of benzene rings is 1. The second-order valence-electron chi connectivity index (χ2n) is 6.70. The van der Waals surface area contributed by atoms with E-state index in [1.807, 2.05) is 6.07 Å². The van der Waals surface area contributed by atoms with Gasteiger partial charge in [0.1, 0.15) is 0 Å². The quantitative estimate of drug-likeness (QED) is 0.733. The van der Waals surface area contributed by atoms with Crippen molar-refractivity contribution in [2.24, 2.45) is 5.92 Å². The highest BCUT2D eigenvalue weighted by Crippen LogP contribution is 2.32. The van der Waals surface area contributed by atoms with Gasteiger partial charge in [-0.3, -0.25) is 0 Å². The first kappa shape index (κ1) is 21.1. The molecule has 1 fully saturated rings. The highest BCUT2D eigenvalue weighted by atomic mass is 32.2. The van der Waals surface area contributed by atoms with Gasteiger partial charge in [-0.2, -0.15) is 22.7 Å². The summed E-state index contributed by atoms with van der Waals surface area (Å²) in [5, 5.41) is 8.90. The Bertz CT molecular complexity index is 1020. The lowest BCUT2D eigenvalue weighted by Crippen LogP contribution is -2.41. The van der Waals surface area contributed by atoms with Crippen LogP contribution < -0.4 is 4.74 Å². The highest BCUT2D eigenvalue weighted by molar-refractivity contribution is 7.89. The number of rotatable bonds is 5. The van der Waals surface area contributed by atoms with Gasteiger partial charge in [0, 0.05) is 31.3 Å². The summed E-state index contributed by atoms with van der Waals surface area (Å²) < 4.78 is 71.2. The van der Waals surface area contributed by atoms with Gasteiger partial charge in [0.05, 0.1) is 28.7 Å². The van der Waals surface area contributed by atoms with Crippen molar-refractivity contribution in [3.63, 3.8) is 0 Å². The third-order valence-corrected chi connectivity index (χ3v) is 6.47. The third-order valence-electron chi connectivity index (χ3n) is 4.61. The molecule has 0 aliphatic carbocycles. The number of halogens is 3. The van der Waals surface area contributed by atoms with Crippen LogP contribution in [0.3, 0.4) is 0 Å². The van der Waals surface area contributed by atoms with Gasteiger partial charge in [-0.15, -0.1) is 0 Å². The molecule has 0 amide bonds. The van der Waals surface area contributed by atoms with Gasteiger partial charge in [0.2, 0.25) is 15.9 Å². The Labute approximate surface area is 166 Å². The van der Waals surface area contributed by atoms with E-state index in [0.29, 0.717) is 24.5 Å². The SMILES string of the molecule is N#Cc1ccnc(OCC2CCCN(S(=O)(=O)c3cccc(C(F)(F)F)c3)C2)c1. The largest absolute Gasteiger partial charge is 0.477 e. The molecule has 29 heavy (non-hydrogen) atoms. The topological polar surface area (TPSA) is 83.3 Å². The van der Waals surface area contributed by atoms with E-state index in [1.54, 1.807) is 0 Å². The molecule has 0 radical (unpaired) electrons. The first-order chi connectivity index (χ1) is 13.7. The maximum absolute atomic E-state index is 12.9. The molecule has 3 rings (SSSR count). The molecular weight excluding hydrogens is 407 g/mol. The number of sulfonamides is 1. The van der Waals surface area contributed by atoms with E-state index in [9.17, 15) is 21.6 Å². The van der Waals surface area contributed by atoms with Crippen molar-refractivity contribution in [1.82, 2.24) is 9.29 Å². The van der Waals surface area contributed by atoms with E-state index in [1.165, 1.54) is 28.7 Å². The van der Waals surface area contributed by atoms with E-state index >= 15 is 0 Å². The molecule has 1 aromatic heterocycles. The first-order valence-corrected chi connectivity index (χ1v) is 10.3. The molecule has 10 heteroatoms. The fourth-order valence-corrected chi connectivity index (χ4v) is 4.73. The number of piperidine rings is 1. The number of hydrogen-bond donors (Lipinski definition) is 0. The summed E-state index contributed by atoms with van der Waals surface area (Å²) in [7, 11) is -4.05. The lowest BCUT2D eigenvalue weighted by molar-refractivity contribution is -0.137. The molecule has 1 aromatic carbocycles. The Morgan fingerprint density at radius 3 is 2.79 bits per heavy atom.